The Kier molecular flexibility index (Phi) is 5.45. The monoisotopic (exact) mass is 254 g/mol. The molecule has 5 heteroatoms. The maximum Gasteiger partial charge on any atom is 0.344 e. The molecule has 5 nitrogen and oxygen atoms in total. The summed E-state index contributed by atoms with van der Waals surface area (Å²) in [6.45, 7) is 3.12. The molecule has 0 bridgehead atoms. The van der Waals surface area contributed by atoms with E-state index in [0.29, 0.717) is 17.1 Å². The number of aliphatic hydroxyl groups is 1. The highest BCUT2D eigenvalue weighted by molar-refractivity contribution is 5.71. The van der Waals surface area contributed by atoms with Crippen LogP contribution in [0.3, 0.4) is 0 Å². The molecule has 0 unspecified atom stereocenters. The van der Waals surface area contributed by atoms with Crippen LogP contribution in [-0.4, -0.2) is 30.9 Å². The van der Waals surface area contributed by atoms with Crippen molar-refractivity contribution in [3.8, 4) is 11.5 Å². The lowest BCUT2D eigenvalue weighted by Crippen LogP contribution is -2.19. The van der Waals surface area contributed by atoms with Gasteiger partial charge in [0.25, 0.3) is 0 Å². The molecule has 0 saturated carbocycles. The summed E-state index contributed by atoms with van der Waals surface area (Å²) in [5.41, 5.74) is 0.562. The second-order valence-electron chi connectivity index (χ2n) is 3.93. The molecule has 0 radical (unpaired) electrons. The maximum atomic E-state index is 11.4. The number of aliphatic hydroxyl groups excluding tert-OH is 1. The molecule has 0 heterocycles. The molecular weight excluding hydrogens is 236 g/mol. The van der Waals surface area contributed by atoms with Crippen molar-refractivity contribution < 1.29 is 24.1 Å². The zero-order chi connectivity index (χ0) is 13.5. The van der Waals surface area contributed by atoms with Crippen molar-refractivity contribution in [1.82, 2.24) is 0 Å². The third-order valence-electron chi connectivity index (χ3n) is 2.15. The van der Waals surface area contributed by atoms with Gasteiger partial charge in [0, 0.05) is 5.56 Å². The summed E-state index contributed by atoms with van der Waals surface area (Å²) in [7, 11) is 1.50. The molecule has 100 valence electrons. The Morgan fingerprint density at radius 1 is 1.39 bits per heavy atom. The van der Waals surface area contributed by atoms with Gasteiger partial charge in [0.15, 0.2) is 18.1 Å². The lowest BCUT2D eigenvalue weighted by atomic mass is 10.2. The number of esters is 1. The number of rotatable bonds is 6. The van der Waals surface area contributed by atoms with E-state index in [1.165, 1.54) is 7.11 Å². The minimum Gasteiger partial charge on any atom is -0.493 e. The van der Waals surface area contributed by atoms with E-state index in [9.17, 15) is 9.90 Å². The van der Waals surface area contributed by atoms with Crippen LogP contribution in [0, 0.1) is 0 Å². The fourth-order valence-electron chi connectivity index (χ4n) is 1.44. The van der Waals surface area contributed by atoms with E-state index in [-0.39, 0.29) is 19.3 Å². The first-order valence-electron chi connectivity index (χ1n) is 5.67. The van der Waals surface area contributed by atoms with E-state index < -0.39 is 5.97 Å². The number of ether oxygens (including phenoxy) is 3. The van der Waals surface area contributed by atoms with E-state index in [2.05, 4.69) is 0 Å². The number of carbonyl (C=O) groups is 1. The van der Waals surface area contributed by atoms with Gasteiger partial charge in [0.05, 0.1) is 19.8 Å². The van der Waals surface area contributed by atoms with Gasteiger partial charge in [-0.05, 0) is 19.9 Å². The van der Waals surface area contributed by atoms with Crippen LogP contribution in [0.2, 0.25) is 0 Å². The standard InChI is InChI=1S/C13H18O5/c1-9(2)18-12(15)8-17-13-10(7-14)5-4-6-11(13)16-3/h4-6,9,14H,7-8H2,1-3H3. The number of carbonyl (C=O) groups excluding carboxylic acids is 1. The van der Waals surface area contributed by atoms with Gasteiger partial charge in [-0.25, -0.2) is 4.79 Å². The van der Waals surface area contributed by atoms with Gasteiger partial charge < -0.3 is 19.3 Å². The Morgan fingerprint density at radius 3 is 2.67 bits per heavy atom. The second-order valence-corrected chi connectivity index (χ2v) is 3.93. The molecule has 0 aliphatic heterocycles. The van der Waals surface area contributed by atoms with Crippen LogP contribution >= 0.6 is 0 Å². The summed E-state index contributed by atoms with van der Waals surface area (Å²) >= 11 is 0. The molecule has 0 saturated heterocycles. The topological polar surface area (TPSA) is 65.0 Å². The largest absolute Gasteiger partial charge is 0.493 e. The first kappa shape index (κ1) is 14.3. The van der Waals surface area contributed by atoms with Crippen molar-refractivity contribution >= 4 is 5.97 Å². The normalized spacial score (nSPS) is 10.3. The Bertz CT molecular complexity index is 378. The third-order valence-corrected chi connectivity index (χ3v) is 2.15. The van der Waals surface area contributed by atoms with Gasteiger partial charge in [-0.1, -0.05) is 12.1 Å². The van der Waals surface area contributed by atoms with Crippen molar-refractivity contribution in [2.24, 2.45) is 0 Å². The molecule has 0 atom stereocenters. The lowest BCUT2D eigenvalue weighted by Gasteiger charge is -2.14. The van der Waals surface area contributed by atoms with Crippen molar-refractivity contribution in [3.05, 3.63) is 23.8 Å². The fourth-order valence-corrected chi connectivity index (χ4v) is 1.44. The van der Waals surface area contributed by atoms with E-state index in [0.717, 1.165) is 0 Å². The highest BCUT2D eigenvalue weighted by Gasteiger charge is 2.13. The zero-order valence-electron chi connectivity index (χ0n) is 10.8. The van der Waals surface area contributed by atoms with Gasteiger partial charge in [-0.2, -0.15) is 0 Å². The van der Waals surface area contributed by atoms with Crippen molar-refractivity contribution in [2.45, 2.75) is 26.6 Å². The van der Waals surface area contributed by atoms with E-state index in [1.54, 1.807) is 32.0 Å². The van der Waals surface area contributed by atoms with Crippen LogP contribution in [-0.2, 0) is 16.1 Å². The molecule has 18 heavy (non-hydrogen) atoms. The van der Waals surface area contributed by atoms with Crippen LogP contribution in [0.4, 0.5) is 0 Å². The first-order valence-corrected chi connectivity index (χ1v) is 5.67. The third kappa shape index (κ3) is 3.92. The van der Waals surface area contributed by atoms with E-state index in [4.69, 9.17) is 14.2 Å². The number of para-hydroxylation sites is 1. The molecule has 0 spiro atoms. The lowest BCUT2D eigenvalue weighted by molar-refractivity contribution is -0.149. The van der Waals surface area contributed by atoms with Gasteiger partial charge in [0.2, 0.25) is 0 Å². The van der Waals surface area contributed by atoms with E-state index in [1.807, 2.05) is 0 Å². The fraction of sp³-hybridized carbons (Fsp3) is 0.462. The summed E-state index contributed by atoms with van der Waals surface area (Å²) in [5, 5.41) is 9.20. The number of methoxy groups -OCH3 is 1. The quantitative estimate of drug-likeness (QED) is 0.780. The first-order chi connectivity index (χ1) is 8.58. The SMILES string of the molecule is COc1cccc(CO)c1OCC(=O)OC(C)C. The highest BCUT2D eigenvalue weighted by Crippen LogP contribution is 2.30. The van der Waals surface area contributed by atoms with Crippen LogP contribution in [0.5, 0.6) is 11.5 Å². The molecule has 1 rings (SSSR count). The van der Waals surface area contributed by atoms with Crippen LogP contribution in [0.15, 0.2) is 18.2 Å². The van der Waals surface area contributed by atoms with Crippen molar-refractivity contribution in [1.29, 1.82) is 0 Å². The molecule has 0 aliphatic carbocycles. The zero-order valence-corrected chi connectivity index (χ0v) is 10.8. The molecular formula is C13H18O5. The number of hydrogen-bond donors (Lipinski definition) is 1. The van der Waals surface area contributed by atoms with Gasteiger partial charge in [-0.3, -0.25) is 0 Å². The Balaban J connectivity index is 2.74. The second kappa shape index (κ2) is 6.86. The molecule has 0 aromatic heterocycles. The smallest absolute Gasteiger partial charge is 0.344 e. The summed E-state index contributed by atoms with van der Waals surface area (Å²) < 4.78 is 15.4. The summed E-state index contributed by atoms with van der Waals surface area (Å²) in [5.74, 6) is 0.377. The summed E-state index contributed by atoms with van der Waals surface area (Å²) in [6.07, 6.45) is -0.184. The highest BCUT2D eigenvalue weighted by atomic mass is 16.6. The summed E-state index contributed by atoms with van der Waals surface area (Å²) in [6, 6.07) is 5.14. The Morgan fingerprint density at radius 2 is 2.11 bits per heavy atom. The molecule has 0 amide bonds. The van der Waals surface area contributed by atoms with E-state index >= 15 is 0 Å². The molecule has 1 N–H and O–H groups in total. The summed E-state index contributed by atoms with van der Waals surface area (Å²) in [4.78, 5) is 11.4. The van der Waals surface area contributed by atoms with Crippen LogP contribution < -0.4 is 9.47 Å². The van der Waals surface area contributed by atoms with Gasteiger partial charge in [-0.15, -0.1) is 0 Å². The molecule has 0 fully saturated rings. The Hall–Kier alpha value is -1.75. The average Bonchev–Trinajstić information content (AvgIpc) is 2.34. The van der Waals surface area contributed by atoms with Crippen LogP contribution in [0.25, 0.3) is 0 Å². The van der Waals surface area contributed by atoms with Gasteiger partial charge in [0.1, 0.15) is 0 Å². The maximum absolute atomic E-state index is 11.4. The number of hydrogen-bond acceptors (Lipinski definition) is 5. The van der Waals surface area contributed by atoms with Crippen molar-refractivity contribution in [2.75, 3.05) is 13.7 Å². The van der Waals surface area contributed by atoms with Crippen LogP contribution in [0.1, 0.15) is 19.4 Å². The van der Waals surface area contributed by atoms with Crippen molar-refractivity contribution in [3.63, 3.8) is 0 Å². The predicted octanol–water partition coefficient (Wildman–Crippen LogP) is 1.52. The minimum absolute atomic E-state index is 0.184. The number of benzene rings is 1. The molecule has 1 aromatic rings. The van der Waals surface area contributed by atoms with Gasteiger partial charge >= 0.3 is 5.97 Å². The predicted molar refractivity (Wildman–Crippen MR) is 65.6 cm³/mol. The molecule has 1 aromatic carbocycles. The average molecular weight is 254 g/mol. The minimum atomic E-state index is -0.459. The Labute approximate surface area is 106 Å². The molecule has 0 aliphatic rings.